The average Bonchev–Trinajstić information content (AvgIpc) is 2.68. The zero-order valence-electron chi connectivity index (χ0n) is 13.8. The molecule has 0 spiro atoms. The summed E-state index contributed by atoms with van der Waals surface area (Å²) in [6.45, 7) is 0. The lowest BCUT2D eigenvalue weighted by Gasteiger charge is -2.09. The van der Waals surface area contributed by atoms with Gasteiger partial charge in [-0.1, -0.05) is 48.5 Å². The molecule has 0 heterocycles. The van der Waals surface area contributed by atoms with Gasteiger partial charge in [-0.05, 0) is 36.4 Å². The van der Waals surface area contributed by atoms with Gasteiger partial charge in [0.25, 0.3) is 5.91 Å². The van der Waals surface area contributed by atoms with E-state index in [4.69, 9.17) is 4.74 Å². The summed E-state index contributed by atoms with van der Waals surface area (Å²) < 4.78 is 5.16. The molecule has 0 aliphatic carbocycles. The minimum absolute atomic E-state index is 0.256. The van der Waals surface area contributed by atoms with Gasteiger partial charge in [0, 0.05) is 11.3 Å². The SMILES string of the molecule is COc1ccc(N=C(C(=O)Nc2ccccc2)c2ccccc2)cc1. The highest BCUT2D eigenvalue weighted by atomic mass is 16.5. The molecule has 0 fully saturated rings. The summed E-state index contributed by atoms with van der Waals surface area (Å²) >= 11 is 0. The molecule has 3 aromatic carbocycles. The van der Waals surface area contributed by atoms with Crippen molar-refractivity contribution >= 4 is 23.0 Å². The van der Waals surface area contributed by atoms with Gasteiger partial charge in [-0.15, -0.1) is 0 Å². The van der Waals surface area contributed by atoms with E-state index in [1.165, 1.54) is 0 Å². The first kappa shape index (κ1) is 16.5. The predicted molar refractivity (Wildman–Crippen MR) is 101 cm³/mol. The Morgan fingerprint density at radius 3 is 2.04 bits per heavy atom. The highest BCUT2D eigenvalue weighted by Gasteiger charge is 2.14. The van der Waals surface area contributed by atoms with Gasteiger partial charge in [0.1, 0.15) is 11.5 Å². The van der Waals surface area contributed by atoms with Crippen molar-refractivity contribution < 1.29 is 9.53 Å². The Morgan fingerprint density at radius 2 is 1.44 bits per heavy atom. The van der Waals surface area contributed by atoms with Gasteiger partial charge in [0.15, 0.2) is 0 Å². The maximum Gasteiger partial charge on any atom is 0.274 e. The van der Waals surface area contributed by atoms with E-state index >= 15 is 0 Å². The maximum atomic E-state index is 12.8. The number of rotatable bonds is 5. The van der Waals surface area contributed by atoms with E-state index in [1.54, 1.807) is 7.11 Å². The molecule has 0 saturated heterocycles. The molecule has 0 aromatic heterocycles. The number of hydrogen-bond donors (Lipinski definition) is 1. The molecule has 0 aliphatic rings. The zero-order valence-corrected chi connectivity index (χ0v) is 13.8. The van der Waals surface area contributed by atoms with Crippen molar-refractivity contribution in [3.63, 3.8) is 0 Å². The summed E-state index contributed by atoms with van der Waals surface area (Å²) in [6.07, 6.45) is 0. The lowest BCUT2D eigenvalue weighted by Crippen LogP contribution is -2.23. The summed E-state index contributed by atoms with van der Waals surface area (Å²) in [6, 6.07) is 26.0. The number of ether oxygens (including phenoxy) is 1. The lowest BCUT2D eigenvalue weighted by molar-refractivity contribution is -0.110. The van der Waals surface area contributed by atoms with Crippen LogP contribution in [0.4, 0.5) is 11.4 Å². The zero-order chi connectivity index (χ0) is 17.5. The monoisotopic (exact) mass is 330 g/mol. The van der Waals surface area contributed by atoms with Crippen LogP contribution in [-0.2, 0) is 4.79 Å². The van der Waals surface area contributed by atoms with E-state index in [0.29, 0.717) is 11.4 Å². The van der Waals surface area contributed by atoms with Crippen molar-refractivity contribution in [2.75, 3.05) is 12.4 Å². The van der Waals surface area contributed by atoms with Gasteiger partial charge < -0.3 is 10.1 Å². The standard InChI is InChI=1S/C21H18N2O2/c1-25-19-14-12-18(13-15-19)22-20(16-8-4-2-5-9-16)21(24)23-17-10-6-3-7-11-17/h2-15H,1H3,(H,23,24). The fourth-order valence-corrected chi connectivity index (χ4v) is 2.34. The minimum Gasteiger partial charge on any atom is -0.497 e. The Kier molecular flexibility index (Phi) is 5.22. The van der Waals surface area contributed by atoms with Gasteiger partial charge in [-0.25, -0.2) is 4.99 Å². The van der Waals surface area contributed by atoms with E-state index < -0.39 is 0 Å². The molecule has 124 valence electrons. The third-order valence-corrected chi connectivity index (χ3v) is 3.61. The number of carbonyl (C=O) groups is 1. The normalized spacial score (nSPS) is 11.0. The number of carbonyl (C=O) groups excluding carboxylic acids is 1. The summed E-state index contributed by atoms with van der Waals surface area (Å²) in [7, 11) is 1.61. The molecule has 4 nitrogen and oxygen atoms in total. The summed E-state index contributed by atoms with van der Waals surface area (Å²) in [5.74, 6) is 0.488. The smallest absolute Gasteiger partial charge is 0.274 e. The van der Waals surface area contributed by atoms with Crippen molar-refractivity contribution in [2.24, 2.45) is 4.99 Å². The van der Waals surface area contributed by atoms with Crippen LogP contribution in [0, 0.1) is 0 Å². The molecule has 3 rings (SSSR count). The molecule has 1 N–H and O–H groups in total. The Balaban J connectivity index is 1.94. The van der Waals surface area contributed by atoms with Gasteiger partial charge in [-0.2, -0.15) is 0 Å². The number of nitrogens with one attached hydrogen (secondary N) is 1. The van der Waals surface area contributed by atoms with Crippen molar-refractivity contribution in [1.82, 2.24) is 0 Å². The van der Waals surface area contributed by atoms with E-state index in [9.17, 15) is 4.79 Å². The van der Waals surface area contributed by atoms with Crippen LogP contribution in [0.25, 0.3) is 0 Å². The second-order valence-corrected chi connectivity index (χ2v) is 5.34. The summed E-state index contributed by atoms with van der Waals surface area (Å²) in [5, 5.41) is 2.89. The van der Waals surface area contributed by atoms with E-state index in [1.807, 2.05) is 84.9 Å². The van der Waals surface area contributed by atoms with Crippen molar-refractivity contribution in [3.05, 3.63) is 90.5 Å². The van der Waals surface area contributed by atoms with Gasteiger partial charge in [0.05, 0.1) is 12.8 Å². The van der Waals surface area contributed by atoms with Crippen LogP contribution in [0.2, 0.25) is 0 Å². The molecule has 0 unspecified atom stereocenters. The molecule has 3 aromatic rings. The predicted octanol–water partition coefficient (Wildman–Crippen LogP) is 4.45. The van der Waals surface area contributed by atoms with Crippen LogP contribution < -0.4 is 10.1 Å². The number of para-hydroxylation sites is 1. The van der Waals surface area contributed by atoms with E-state index in [2.05, 4.69) is 10.3 Å². The van der Waals surface area contributed by atoms with Gasteiger partial charge >= 0.3 is 0 Å². The van der Waals surface area contributed by atoms with Crippen molar-refractivity contribution in [3.8, 4) is 5.75 Å². The highest BCUT2D eigenvalue weighted by Crippen LogP contribution is 2.19. The number of hydrogen-bond acceptors (Lipinski definition) is 3. The van der Waals surface area contributed by atoms with Gasteiger partial charge in [0.2, 0.25) is 0 Å². The number of benzene rings is 3. The van der Waals surface area contributed by atoms with Crippen LogP contribution in [0.3, 0.4) is 0 Å². The fraction of sp³-hybridized carbons (Fsp3) is 0.0476. The van der Waals surface area contributed by atoms with Crippen LogP contribution in [0.15, 0.2) is 89.9 Å². The third-order valence-electron chi connectivity index (χ3n) is 3.61. The quantitative estimate of drug-likeness (QED) is 0.702. The number of nitrogens with zero attached hydrogens (tertiary/aromatic N) is 1. The first-order chi connectivity index (χ1) is 12.3. The summed E-state index contributed by atoms with van der Waals surface area (Å²) in [4.78, 5) is 17.3. The van der Waals surface area contributed by atoms with Crippen molar-refractivity contribution in [2.45, 2.75) is 0 Å². The molecule has 0 saturated carbocycles. The molecule has 4 heteroatoms. The molecular formula is C21H18N2O2. The Morgan fingerprint density at radius 1 is 0.840 bits per heavy atom. The number of anilines is 1. The molecule has 0 radical (unpaired) electrons. The molecule has 25 heavy (non-hydrogen) atoms. The molecule has 0 bridgehead atoms. The Bertz CT molecular complexity index is 857. The molecule has 0 atom stereocenters. The lowest BCUT2D eigenvalue weighted by atomic mass is 10.1. The first-order valence-corrected chi connectivity index (χ1v) is 7.91. The number of methoxy groups -OCH3 is 1. The van der Waals surface area contributed by atoms with E-state index in [0.717, 1.165) is 17.0 Å². The van der Waals surface area contributed by atoms with E-state index in [-0.39, 0.29) is 5.91 Å². The molecule has 1 amide bonds. The minimum atomic E-state index is -0.256. The van der Waals surface area contributed by atoms with Crippen LogP contribution in [0.5, 0.6) is 5.75 Å². The third kappa shape index (κ3) is 4.32. The second kappa shape index (κ2) is 7.93. The van der Waals surface area contributed by atoms with Crippen LogP contribution >= 0.6 is 0 Å². The number of amides is 1. The Hall–Kier alpha value is -3.40. The van der Waals surface area contributed by atoms with Crippen LogP contribution in [-0.4, -0.2) is 18.7 Å². The average molecular weight is 330 g/mol. The topological polar surface area (TPSA) is 50.7 Å². The maximum absolute atomic E-state index is 12.8. The summed E-state index contributed by atoms with van der Waals surface area (Å²) in [5.41, 5.74) is 2.52. The molecule has 0 aliphatic heterocycles. The van der Waals surface area contributed by atoms with Crippen LogP contribution in [0.1, 0.15) is 5.56 Å². The Labute approximate surface area is 146 Å². The van der Waals surface area contributed by atoms with Crippen molar-refractivity contribution in [1.29, 1.82) is 0 Å². The number of aliphatic imine (C=N–C) groups is 1. The first-order valence-electron chi connectivity index (χ1n) is 7.91. The second-order valence-electron chi connectivity index (χ2n) is 5.34. The van der Waals surface area contributed by atoms with Gasteiger partial charge in [-0.3, -0.25) is 4.79 Å². The highest BCUT2D eigenvalue weighted by molar-refractivity contribution is 6.49. The largest absolute Gasteiger partial charge is 0.497 e. The fourth-order valence-electron chi connectivity index (χ4n) is 2.34. The molecular weight excluding hydrogens is 312 g/mol.